The Labute approximate surface area is 128 Å². The maximum absolute atomic E-state index is 12.1. The Bertz CT molecular complexity index is 649. The van der Waals surface area contributed by atoms with Crippen LogP contribution in [0.25, 0.3) is 0 Å². The molecule has 0 aliphatic carbocycles. The van der Waals surface area contributed by atoms with Crippen molar-refractivity contribution in [2.75, 3.05) is 11.1 Å². The van der Waals surface area contributed by atoms with Crippen molar-refractivity contribution in [2.24, 2.45) is 0 Å². The molecule has 0 saturated carbocycles. The first-order chi connectivity index (χ1) is 8.97. The van der Waals surface area contributed by atoms with Gasteiger partial charge in [0.15, 0.2) is 0 Å². The Morgan fingerprint density at radius 3 is 2.74 bits per heavy atom. The van der Waals surface area contributed by atoms with Crippen LogP contribution in [0.15, 0.2) is 34.9 Å². The Morgan fingerprint density at radius 2 is 2.05 bits per heavy atom. The molecule has 0 saturated heterocycles. The van der Waals surface area contributed by atoms with Gasteiger partial charge in [-0.3, -0.25) is 4.79 Å². The summed E-state index contributed by atoms with van der Waals surface area (Å²) in [5, 5.41) is 3.47. The summed E-state index contributed by atoms with van der Waals surface area (Å²) in [6.07, 6.45) is 1.34. The Morgan fingerprint density at radius 1 is 1.32 bits per heavy atom. The Kier molecular flexibility index (Phi) is 4.29. The molecule has 0 bridgehead atoms. The molecular formula is C12H8BrCl2N3O. The van der Waals surface area contributed by atoms with Gasteiger partial charge in [-0.2, -0.15) is 0 Å². The first kappa shape index (κ1) is 14.1. The summed E-state index contributed by atoms with van der Waals surface area (Å²) < 4.78 is 0.688. The summed E-state index contributed by atoms with van der Waals surface area (Å²) in [6.45, 7) is 0. The fraction of sp³-hybridized carbons (Fsp3) is 0. The van der Waals surface area contributed by atoms with Gasteiger partial charge < -0.3 is 11.1 Å². The second-order valence-corrected chi connectivity index (χ2v) is 5.33. The van der Waals surface area contributed by atoms with Crippen LogP contribution in [0.5, 0.6) is 0 Å². The third-order valence-corrected chi connectivity index (χ3v) is 3.74. The molecular weight excluding hydrogens is 353 g/mol. The van der Waals surface area contributed by atoms with E-state index in [4.69, 9.17) is 28.9 Å². The number of benzene rings is 1. The number of amides is 1. The van der Waals surface area contributed by atoms with E-state index < -0.39 is 0 Å². The summed E-state index contributed by atoms with van der Waals surface area (Å²) in [5.74, 6) is -0.365. The fourth-order valence-corrected chi connectivity index (χ4v) is 2.06. The monoisotopic (exact) mass is 359 g/mol. The fourth-order valence-electron chi connectivity index (χ4n) is 1.41. The number of nitrogens with one attached hydrogen (secondary N) is 1. The third-order valence-electron chi connectivity index (χ3n) is 2.32. The number of nitrogens with two attached hydrogens (primary N) is 1. The van der Waals surface area contributed by atoms with Crippen molar-refractivity contribution in [3.8, 4) is 0 Å². The van der Waals surface area contributed by atoms with Crippen molar-refractivity contribution in [1.82, 2.24) is 4.98 Å². The van der Waals surface area contributed by atoms with Crippen molar-refractivity contribution in [3.63, 3.8) is 0 Å². The van der Waals surface area contributed by atoms with Gasteiger partial charge in [0.25, 0.3) is 5.91 Å². The highest BCUT2D eigenvalue weighted by molar-refractivity contribution is 9.10. The molecule has 0 spiro atoms. The lowest BCUT2D eigenvalue weighted by atomic mass is 10.2. The van der Waals surface area contributed by atoms with Crippen LogP contribution in [0.2, 0.25) is 10.2 Å². The van der Waals surface area contributed by atoms with E-state index in [1.807, 2.05) is 0 Å². The average Bonchev–Trinajstić information content (AvgIpc) is 2.36. The molecule has 0 aliphatic heterocycles. The van der Waals surface area contributed by atoms with Crippen molar-refractivity contribution >= 4 is 56.4 Å². The second-order valence-electron chi connectivity index (χ2n) is 3.68. The minimum Gasteiger partial charge on any atom is -0.397 e. The van der Waals surface area contributed by atoms with Crippen LogP contribution in [0.3, 0.4) is 0 Å². The number of carbonyl (C=O) groups is 1. The molecule has 2 rings (SSSR count). The largest absolute Gasteiger partial charge is 0.397 e. The number of pyridine rings is 1. The topological polar surface area (TPSA) is 68.0 Å². The molecule has 4 nitrogen and oxygen atoms in total. The minimum atomic E-state index is -0.365. The maximum Gasteiger partial charge on any atom is 0.257 e. The lowest BCUT2D eigenvalue weighted by molar-refractivity contribution is 0.102. The van der Waals surface area contributed by atoms with E-state index >= 15 is 0 Å². The first-order valence-corrected chi connectivity index (χ1v) is 6.69. The summed E-state index contributed by atoms with van der Waals surface area (Å²) in [4.78, 5) is 15.8. The summed E-state index contributed by atoms with van der Waals surface area (Å²) in [5.41, 5.74) is 6.81. The normalized spacial score (nSPS) is 10.3. The third kappa shape index (κ3) is 3.37. The molecule has 7 heteroatoms. The molecule has 1 aromatic heterocycles. The summed E-state index contributed by atoms with van der Waals surface area (Å²) in [7, 11) is 0. The van der Waals surface area contributed by atoms with E-state index in [-0.39, 0.29) is 22.3 Å². The summed E-state index contributed by atoms with van der Waals surface area (Å²) in [6, 6.07) is 6.46. The zero-order valence-corrected chi connectivity index (χ0v) is 12.6. The molecule has 0 fully saturated rings. The molecule has 3 N–H and O–H groups in total. The highest BCUT2D eigenvalue weighted by Gasteiger charge is 2.12. The van der Waals surface area contributed by atoms with Gasteiger partial charge >= 0.3 is 0 Å². The van der Waals surface area contributed by atoms with E-state index in [9.17, 15) is 4.79 Å². The molecule has 0 radical (unpaired) electrons. The molecule has 19 heavy (non-hydrogen) atoms. The molecule has 1 heterocycles. The van der Waals surface area contributed by atoms with Crippen molar-refractivity contribution < 1.29 is 4.79 Å². The molecule has 98 valence electrons. The van der Waals surface area contributed by atoms with Gasteiger partial charge in [-0.15, -0.1) is 0 Å². The van der Waals surface area contributed by atoms with Gasteiger partial charge in [0, 0.05) is 10.2 Å². The number of aromatic nitrogens is 1. The zero-order valence-electron chi connectivity index (χ0n) is 9.45. The van der Waals surface area contributed by atoms with Crippen LogP contribution in [-0.2, 0) is 0 Å². The highest BCUT2D eigenvalue weighted by Crippen LogP contribution is 2.26. The van der Waals surface area contributed by atoms with Gasteiger partial charge in [0.05, 0.1) is 22.5 Å². The van der Waals surface area contributed by atoms with Crippen LogP contribution in [0.4, 0.5) is 11.4 Å². The van der Waals surface area contributed by atoms with Crippen LogP contribution in [-0.4, -0.2) is 10.9 Å². The number of hydrogen-bond donors (Lipinski definition) is 2. The lowest BCUT2D eigenvalue weighted by Gasteiger charge is -2.08. The standard InChI is InChI=1S/C12H8BrCl2N3O/c13-8-3-6(1-2-9(8)14)18-12(19)7-4-11(15)17-5-10(7)16/h1-5H,16H2,(H,18,19). The van der Waals surface area contributed by atoms with Gasteiger partial charge in [-0.1, -0.05) is 23.2 Å². The van der Waals surface area contributed by atoms with E-state index in [2.05, 4.69) is 26.2 Å². The van der Waals surface area contributed by atoms with Crippen LogP contribution < -0.4 is 11.1 Å². The lowest BCUT2D eigenvalue weighted by Crippen LogP contribution is -2.14. The van der Waals surface area contributed by atoms with Crippen LogP contribution in [0.1, 0.15) is 10.4 Å². The molecule has 0 unspecified atom stereocenters. The predicted molar refractivity (Wildman–Crippen MR) is 80.8 cm³/mol. The van der Waals surface area contributed by atoms with Gasteiger partial charge in [-0.25, -0.2) is 4.98 Å². The molecule has 2 aromatic rings. The second kappa shape index (κ2) is 5.77. The number of halogens is 3. The SMILES string of the molecule is Nc1cnc(Cl)cc1C(=O)Nc1ccc(Cl)c(Br)c1. The first-order valence-electron chi connectivity index (χ1n) is 5.15. The zero-order chi connectivity index (χ0) is 14.0. The number of nitrogens with zero attached hydrogens (tertiary/aromatic N) is 1. The maximum atomic E-state index is 12.1. The van der Waals surface area contributed by atoms with Crippen LogP contribution >= 0.6 is 39.1 Å². The number of nitrogen functional groups attached to an aromatic ring is 1. The van der Waals surface area contributed by atoms with E-state index in [1.54, 1.807) is 18.2 Å². The Balaban J connectivity index is 2.25. The number of hydrogen-bond acceptors (Lipinski definition) is 3. The quantitative estimate of drug-likeness (QED) is 0.795. The molecule has 1 amide bonds. The molecule has 0 aliphatic rings. The van der Waals surface area contributed by atoms with Gasteiger partial charge in [0.1, 0.15) is 5.15 Å². The number of rotatable bonds is 2. The minimum absolute atomic E-state index is 0.205. The van der Waals surface area contributed by atoms with Crippen molar-refractivity contribution in [3.05, 3.63) is 50.7 Å². The molecule has 0 atom stereocenters. The number of anilines is 2. The smallest absolute Gasteiger partial charge is 0.257 e. The van der Waals surface area contributed by atoms with Gasteiger partial charge in [0.2, 0.25) is 0 Å². The van der Waals surface area contributed by atoms with Gasteiger partial charge in [-0.05, 0) is 40.2 Å². The van der Waals surface area contributed by atoms with E-state index in [0.717, 1.165) is 0 Å². The average molecular weight is 361 g/mol. The number of carbonyl (C=O) groups excluding carboxylic acids is 1. The predicted octanol–water partition coefficient (Wildman–Crippen LogP) is 3.99. The van der Waals surface area contributed by atoms with E-state index in [0.29, 0.717) is 15.2 Å². The van der Waals surface area contributed by atoms with Crippen LogP contribution in [0, 0.1) is 0 Å². The molecule has 1 aromatic carbocycles. The summed E-state index contributed by atoms with van der Waals surface area (Å²) >= 11 is 14.9. The van der Waals surface area contributed by atoms with Crippen molar-refractivity contribution in [1.29, 1.82) is 0 Å². The highest BCUT2D eigenvalue weighted by atomic mass is 79.9. The van der Waals surface area contributed by atoms with E-state index in [1.165, 1.54) is 12.3 Å². The Hall–Kier alpha value is -1.30. The van der Waals surface area contributed by atoms with Crippen molar-refractivity contribution in [2.45, 2.75) is 0 Å².